The molecule has 2 aromatic carbocycles. The molecular weight excluding hydrogens is 592 g/mol. The van der Waals surface area contributed by atoms with Gasteiger partial charge in [-0.15, -0.1) is 10.2 Å². The van der Waals surface area contributed by atoms with E-state index in [9.17, 15) is 14.9 Å². The lowest BCUT2D eigenvalue weighted by Gasteiger charge is -2.42. The van der Waals surface area contributed by atoms with Crippen LogP contribution in [0, 0.1) is 22.6 Å². The summed E-state index contributed by atoms with van der Waals surface area (Å²) in [7, 11) is 3.04. The summed E-state index contributed by atoms with van der Waals surface area (Å²) in [5.41, 5.74) is 7.90. The number of nitrogens with two attached hydrogens (primary N) is 1. The number of thioether (sulfide) groups is 1. The van der Waals surface area contributed by atoms with Gasteiger partial charge in [0.05, 0.1) is 43.2 Å². The van der Waals surface area contributed by atoms with Crippen LogP contribution in [0.3, 0.4) is 0 Å². The molecule has 222 valence electrons. The largest absolute Gasteiger partial charge is 0.497 e. The smallest absolute Gasteiger partial charge is 0.234 e. The van der Waals surface area contributed by atoms with Gasteiger partial charge in [-0.1, -0.05) is 55.1 Å². The minimum atomic E-state index is -0.929. The molecule has 1 aromatic heterocycles. The number of methoxy groups -OCH3 is 2. The summed E-state index contributed by atoms with van der Waals surface area (Å²) >= 11 is 2.35. The fraction of sp³-hybridized carbons (Fsp3) is 0.300. The van der Waals surface area contributed by atoms with Gasteiger partial charge in [-0.05, 0) is 30.0 Å². The van der Waals surface area contributed by atoms with Gasteiger partial charge in [0.2, 0.25) is 11.0 Å². The van der Waals surface area contributed by atoms with E-state index in [-0.39, 0.29) is 40.8 Å². The van der Waals surface area contributed by atoms with Crippen molar-refractivity contribution in [2.75, 3.05) is 30.2 Å². The van der Waals surface area contributed by atoms with E-state index in [1.807, 2.05) is 13.8 Å². The van der Waals surface area contributed by atoms with Crippen molar-refractivity contribution in [1.82, 2.24) is 10.2 Å². The number of halogens is 1. The Morgan fingerprint density at radius 3 is 2.70 bits per heavy atom. The second-order valence-electron chi connectivity index (χ2n) is 10.8. The first-order chi connectivity index (χ1) is 20.6. The van der Waals surface area contributed by atoms with E-state index in [1.54, 1.807) is 48.4 Å². The summed E-state index contributed by atoms with van der Waals surface area (Å²) in [6, 6.07) is 13.3. The van der Waals surface area contributed by atoms with Crippen LogP contribution in [0.1, 0.15) is 38.2 Å². The lowest BCUT2D eigenvalue weighted by atomic mass is 9.68. The van der Waals surface area contributed by atoms with Crippen LogP contribution in [0.4, 0.5) is 15.2 Å². The van der Waals surface area contributed by atoms with E-state index in [4.69, 9.17) is 15.2 Å². The summed E-state index contributed by atoms with van der Waals surface area (Å²) in [4.78, 5) is 27.9. The third-order valence-corrected chi connectivity index (χ3v) is 9.24. The second-order valence-corrected chi connectivity index (χ2v) is 12.9. The molecule has 1 aliphatic carbocycles. The van der Waals surface area contributed by atoms with Gasteiger partial charge >= 0.3 is 0 Å². The molecule has 1 unspecified atom stereocenters. The Bertz CT molecular complexity index is 1710. The fourth-order valence-electron chi connectivity index (χ4n) is 5.31. The highest BCUT2D eigenvalue weighted by atomic mass is 32.2. The summed E-state index contributed by atoms with van der Waals surface area (Å²) in [5.74, 6) is -0.754. The van der Waals surface area contributed by atoms with Gasteiger partial charge in [-0.25, -0.2) is 4.39 Å². The first-order valence-electron chi connectivity index (χ1n) is 13.3. The molecule has 5 rings (SSSR count). The van der Waals surface area contributed by atoms with E-state index < -0.39 is 17.2 Å². The minimum Gasteiger partial charge on any atom is -0.497 e. The summed E-state index contributed by atoms with van der Waals surface area (Å²) in [5, 5.41) is 21.9. The van der Waals surface area contributed by atoms with Gasteiger partial charge in [0.1, 0.15) is 23.1 Å². The standard InChI is InChI=1S/C30H29FN6O4S2/c1-30(2)12-21-26(22(38)13-30)25(17-7-5-6-8-19(17)31)18(14-32)27(33)37(21)28-35-36-29(43-28)42-15-24(39)34-20-10-9-16(40-3)11-23(20)41-4/h5-11,25H,12-13,15,33H2,1-4H3,(H,34,39). The highest BCUT2D eigenvalue weighted by Gasteiger charge is 2.46. The van der Waals surface area contributed by atoms with Crippen molar-refractivity contribution in [2.24, 2.45) is 11.1 Å². The van der Waals surface area contributed by atoms with Crippen LogP contribution in [-0.2, 0) is 9.59 Å². The molecule has 43 heavy (non-hydrogen) atoms. The fourth-order valence-corrected chi connectivity index (χ4v) is 6.99. The van der Waals surface area contributed by atoms with Crippen LogP contribution in [0.2, 0.25) is 0 Å². The lowest BCUT2D eigenvalue weighted by Crippen LogP contribution is -2.42. The number of carbonyl (C=O) groups excluding carboxylic acids is 2. The number of aromatic nitrogens is 2. The molecule has 0 fully saturated rings. The van der Waals surface area contributed by atoms with Crippen LogP contribution < -0.4 is 25.4 Å². The number of nitriles is 1. The van der Waals surface area contributed by atoms with E-state index >= 15 is 4.39 Å². The molecule has 0 bridgehead atoms. The molecule has 1 atom stereocenters. The second kappa shape index (κ2) is 12.1. The zero-order valence-corrected chi connectivity index (χ0v) is 25.6. The summed E-state index contributed by atoms with van der Waals surface area (Å²) in [6.45, 7) is 3.95. The van der Waals surface area contributed by atoms with Gasteiger partial charge in [0, 0.05) is 29.3 Å². The number of ether oxygens (including phenoxy) is 2. The van der Waals surface area contributed by atoms with Crippen molar-refractivity contribution in [3.63, 3.8) is 0 Å². The summed E-state index contributed by atoms with van der Waals surface area (Å²) < 4.78 is 26.1. The number of Topliss-reactive ketones (excluding diaryl/α,β-unsaturated/α-hetero) is 1. The SMILES string of the molecule is COc1ccc(NC(=O)CSc2nnc(N3C(N)=C(C#N)C(c4ccccc4F)C4=C3CC(C)(C)CC4=O)s2)c(OC)c1. The minimum absolute atomic E-state index is 0.0351. The van der Waals surface area contributed by atoms with Crippen molar-refractivity contribution in [2.45, 2.75) is 36.9 Å². The number of amides is 1. The molecule has 2 heterocycles. The average molecular weight is 621 g/mol. The quantitative estimate of drug-likeness (QED) is 0.316. The molecule has 0 saturated heterocycles. The van der Waals surface area contributed by atoms with Crippen LogP contribution in [0.5, 0.6) is 11.5 Å². The first-order valence-corrected chi connectivity index (χ1v) is 15.1. The zero-order chi connectivity index (χ0) is 30.9. The molecule has 1 amide bonds. The Balaban J connectivity index is 1.44. The molecule has 1 aliphatic heterocycles. The van der Waals surface area contributed by atoms with Crippen molar-refractivity contribution in [3.05, 3.63) is 76.5 Å². The molecule has 10 nitrogen and oxygen atoms in total. The van der Waals surface area contributed by atoms with E-state index in [2.05, 4.69) is 21.6 Å². The molecule has 0 radical (unpaired) electrons. The predicted octanol–water partition coefficient (Wildman–Crippen LogP) is 5.37. The number of hydrogen-bond acceptors (Lipinski definition) is 11. The Morgan fingerprint density at radius 1 is 1.23 bits per heavy atom. The number of rotatable bonds is 8. The number of nitrogens with one attached hydrogen (secondary N) is 1. The lowest BCUT2D eigenvalue weighted by molar-refractivity contribution is -0.118. The van der Waals surface area contributed by atoms with Crippen molar-refractivity contribution in [1.29, 1.82) is 5.26 Å². The molecular formula is C30H29FN6O4S2. The Morgan fingerprint density at radius 2 is 2.00 bits per heavy atom. The maximum atomic E-state index is 15.0. The molecule has 13 heteroatoms. The van der Waals surface area contributed by atoms with Gasteiger partial charge in [-0.2, -0.15) is 5.26 Å². The van der Waals surface area contributed by atoms with Gasteiger partial charge in [0.15, 0.2) is 10.1 Å². The maximum Gasteiger partial charge on any atom is 0.234 e. The van der Waals surface area contributed by atoms with E-state index in [1.165, 1.54) is 36.3 Å². The molecule has 3 aromatic rings. The highest BCUT2D eigenvalue weighted by Crippen LogP contribution is 2.51. The van der Waals surface area contributed by atoms with Crippen molar-refractivity contribution < 1.29 is 23.5 Å². The van der Waals surface area contributed by atoms with E-state index in [0.717, 1.165) is 0 Å². The monoisotopic (exact) mass is 620 g/mol. The molecule has 3 N–H and O–H groups in total. The maximum absolute atomic E-state index is 15.0. The Kier molecular flexibility index (Phi) is 8.43. The number of nitrogens with zero attached hydrogens (tertiary/aromatic N) is 4. The van der Waals surface area contributed by atoms with Crippen molar-refractivity contribution in [3.8, 4) is 17.6 Å². The zero-order valence-electron chi connectivity index (χ0n) is 23.9. The normalized spacial score (nSPS) is 17.8. The van der Waals surface area contributed by atoms with Crippen LogP contribution in [0.15, 0.2) is 69.5 Å². The topological polar surface area (TPSA) is 143 Å². The number of anilines is 2. The average Bonchev–Trinajstić information content (AvgIpc) is 3.44. The van der Waals surface area contributed by atoms with Crippen molar-refractivity contribution >= 4 is 45.6 Å². The third kappa shape index (κ3) is 5.93. The number of allylic oxidation sites excluding steroid dienone is 3. The highest BCUT2D eigenvalue weighted by molar-refractivity contribution is 8.01. The molecule has 0 saturated carbocycles. The number of ketones is 1. The van der Waals surface area contributed by atoms with Gasteiger partial charge in [-0.3, -0.25) is 14.5 Å². The number of hydrogen-bond donors (Lipinski definition) is 2. The van der Waals surface area contributed by atoms with Crippen LogP contribution in [-0.4, -0.2) is 41.9 Å². The Labute approximate surface area is 256 Å². The number of benzene rings is 2. The van der Waals surface area contributed by atoms with Gasteiger partial charge < -0.3 is 20.5 Å². The van der Waals surface area contributed by atoms with Crippen LogP contribution in [0.25, 0.3) is 0 Å². The first kappa shape index (κ1) is 30.1. The predicted molar refractivity (Wildman–Crippen MR) is 162 cm³/mol. The number of carbonyl (C=O) groups is 2. The molecule has 2 aliphatic rings. The summed E-state index contributed by atoms with van der Waals surface area (Å²) in [6.07, 6.45) is 0.696. The van der Waals surface area contributed by atoms with E-state index in [0.29, 0.717) is 44.3 Å². The Hall–Kier alpha value is -4.41. The third-order valence-electron chi connectivity index (χ3n) is 7.19. The molecule has 0 spiro atoms. The van der Waals surface area contributed by atoms with Crippen LogP contribution >= 0.6 is 23.1 Å². The van der Waals surface area contributed by atoms with Gasteiger partial charge in [0.25, 0.3) is 0 Å².